The first-order valence-electron chi connectivity index (χ1n) is 11.0. The molecule has 1 aromatic rings. The monoisotopic (exact) mass is 458 g/mol. The van der Waals surface area contributed by atoms with Crippen LogP contribution >= 0.6 is 0 Å². The van der Waals surface area contributed by atoms with Gasteiger partial charge in [-0.15, -0.1) is 0 Å². The Balaban J connectivity index is 1.37. The Hall–Kier alpha value is -3.43. The van der Waals surface area contributed by atoms with Crippen molar-refractivity contribution in [2.75, 3.05) is 26.2 Å². The van der Waals surface area contributed by atoms with Gasteiger partial charge >= 0.3 is 6.09 Å². The molecule has 0 atom stereocenters. The second kappa shape index (κ2) is 10.0. The molecule has 0 spiro atoms. The third kappa shape index (κ3) is 6.30. The predicted octanol–water partition coefficient (Wildman–Crippen LogP) is 1.30. The third-order valence-electron chi connectivity index (χ3n) is 5.44. The topological polar surface area (TPSA) is 125 Å². The van der Waals surface area contributed by atoms with Gasteiger partial charge in [0.1, 0.15) is 12.1 Å². The lowest BCUT2D eigenvalue weighted by atomic mass is 10.0. The maximum atomic E-state index is 12.4. The fraction of sp³-hybridized carbons (Fsp3) is 0.522. The van der Waals surface area contributed by atoms with Crippen molar-refractivity contribution < 1.29 is 28.7 Å². The number of hydrogen-bond acceptors (Lipinski definition) is 6. The van der Waals surface area contributed by atoms with Gasteiger partial charge in [-0.2, -0.15) is 0 Å². The van der Waals surface area contributed by atoms with Gasteiger partial charge in [-0.3, -0.25) is 24.1 Å². The third-order valence-corrected chi connectivity index (χ3v) is 5.44. The average Bonchev–Trinajstić information content (AvgIpc) is 3.00. The lowest BCUT2D eigenvalue weighted by molar-refractivity contribution is -0.131. The second-order valence-corrected chi connectivity index (χ2v) is 9.14. The summed E-state index contributed by atoms with van der Waals surface area (Å²) in [4.78, 5) is 63.8. The lowest BCUT2D eigenvalue weighted by Gasteiger charge is -2.32. The number of alkyl carbamates (subject to hydrolysis) is 1. The molecule has 2 aliphatic rings. The molecule has 10 nitrogen and oxygen atoms in total. The Morgan fingerprint density at radius 2 is 1.61 bits per heavy atom. The van der Waals surface area contributed by atoms with Crippen LogP contribution in [0.4, 0.5) is 4.79 Å². The number of imide groups is 1. The van der Waals surface area contributed by atoms with Gasteiger partial charge < -0.3 is 20.3 Å². The number of carbonyl (C=O) groups is 5. The first-order valence-corrected chi connectivity index (χ1v) is 11.0. The van der Waals surface area contributed by atoms with Gasteiger partial charge in [-0.1, -0.05) is 12.1 Å². The number of benzene rings is 1. The van der Waals surface area contributed by atoms with E-state index >= 15 is 0 Å². The van der Waals surface area contributed by atoms with Crippen molar-refractivity contribution in [2.24, 2.45) is 0 Å². The number of ether oxygens (including phenoxy) is 1. The summed E-state index contributed by atoms with van der Waals surface area (Å²) < 4.78 is 5.11. The van der Waals surface area contributed by atoms with Crippen molar-refractivity contribution >= 4 is 29.7 Å². The van der Waals surface area contributed by atoms with Gasteiger partial charge in [0.25, 0.3) is 11.8 Å². The first kappa shape index (κ1) is 24.2. The fourth-order valence-corrected chi connectivity index (χ4v) is 3.80. The van der Waals surface area contributed by atoms with Crippen molar-refractivity contribution in [3.63, 3.8) is 0 Å². The van der Waals surface area contributed by atoms with Crippen LogP contribution < -0.4 is 10.6 Å². The number of fused-ring (bicyclic) bond motifs is 1. The van der Waals surface area contributed by atoms with Crippen LogP contribution in [-0.4, -0.2) is 77.3 Å². The van der Waals surface area contributed by atoms with E-state index in [4.69, 9.17) is 4.74 Å². The van der Waals surface area contributed by atoms with Crippen LogP contribution in [0.1, 0.15) is 60.7 Å². The van der Waals surface area contributed by atoms with Crippen molar-refractivity contribution in [2.45, 2.75) is 51.7 Å². The Bertz CT molecular complexity index is 912. The SMILES string of the molecule is CC(C)(C)OC(=O)NCC(=O)N1CCC(NC(=O)CCN2C(=O)c3ccccc3C2=O)CC1. The minimum absolute atomic E-state index is 0.0183. The molecule has 33 heavy (non-hydrogen) atoms. The summed E-state index contributed by atoms with van der Waals surface area (Å²) in [5.41, 5.74) is 0.0884. The second-order valence-electron chi connectivity index (χ2n) is 9.14. The van der Waals surface area contributed by atoms with E-state index < -0.39 is 11.7 Å². The van der Waals surface area contributed by atoms with E-state index in [2.05, 4.69) is 10.6 Å². The summed E-state index contributed by atoms with van der Waals surface area (Å²) in [6.07, 6.45) is 0.536. The summed E-state index contributed by atoms with van der Waals surface area (Å²) >= 11 is 0. The van der Waals surface area contributed by atoms with Crippen molar-refractivity contribution in [3.8, 4) is 0 Å². The number of amides is 5. The highest BCUT2D eigenvalue weighted by Gasteiger charge is 2.35. The van der Waals surface area contributed by atoms with Crippen LogP contribution in [0.3, 0.4) is 0 Å². The number of nitrogens with zero attached hydrogens (tertiary/aromatic N) is 2. The molecule has 2 aliphatic heterocycles. The van der Waals surface area contributed by atoms with Crippen molar-refractivity contribution in [1.29, 1.82) is 0 Å². The summed E-state index contributed by atoms with van der Waals surface area (Å²) in [6, 6.07) is 6.51. The van der Waals surface area contributed by atoms with Crippen LogP contribution in [0.25, 0.3) is 0 Å². The normalized spacial score (nSPS) is 16.5. The number of rotatable bonds is 6. The molecular formula is C23H30N4O6. The van der Waals surface area contributed by atoms with Crippen LogP contribution in [0, 0.1) is 0 Å². The van der Waals surface area contributed by atoms with E-state index in [9.17, 15) is 24.0 Å². The molecule has 5 amide bonds. The fourth-order valence-electron chi connectivity index (χ4n) is 3.80. The summed E-state index contributed by atoms with van der Waals surface area (Å²) in [5, 5.41) is 5.37. The van der Waals surface area contributed by atoms with E-state index in [-0.39, 0.29) is 49.2 Å². The minimum atomic E-state index is -0.643. The minimum Gasteiger partial charge on any atom is -0.444 e. The molecule has 1 fully saturated rings. The summed E-state index contributed by atoms with van der Waals surface area (Å²) in [6.45, 7) is 6.02. The molecule has 1 aromatic carbocycles. The van der Waals surface area contributed by atoms with Crippen LogP contribution in [-0.2, 0) is 14.3 Å². The smallest absolute Gasteiger partial charge is 0.408 e. The zero-order chi connectivity index (χ0) is 24.2. The molecule has 178 valence electrons. The molecular weight excluding hydrogens is 428 g/mol. The maximum Gasteiger partial charge on any atom is 0.408 e. The number of hydrogen-bond donors (Lipinski definition) is 2. The zero-order valence-electron chi connectivity index (χ0n) is 19.2. The van der Waals surface area contributed by atoms with Gasteiger partial charge in [-0.25, -0.2) is 4.79 Å². The van der Waals surface area contributed by atoms with Crippen molar-refractivity contribution in [1.82, 2.24) is 20.4 Å². The molecule has 0 saturated carbocycles. The summed E-state index contributed by atoms with van der Waals surface area (Å²) in [5.74, 6) is -1.22. The van der Waals surface area contributed by atoms with Crippen LogP contribution in [0.2, 0.25) is 0 Å². The van der Waals surface area contributed by atoms with E-state index in [1.807, 2.05) is 0 Å². The Labute approximate surface area is 192 Å². The molecule has 0 aromatic heterocycles. The molecule has 1 saturated heterocycles. The van der Waals surface area contributed by atoms with E-state index in [0.717, 1.165) is 4.90 Å². The molecule has 0 bridgehead atoms. The largest absolute Gasteiger partial charge is 0.444 e. The number of carbonyl (C=O) groups excluding carboxylic acids is 5. The number of nitrogens with one attached hydrogen (secondary N) is 2. The molecule has 3 rings (SSSR count). The van der Waals surface area contributed by atoms with Crippen LogP contribution in [0.5, 0.6) is 0 Å². The molecule has 2 heterocycles. The Morgan fingerprint density at radius 1 is 1.03 bits per heavy atom. The maximum absolute atomic E-state index is 12.4. The highest BCUT2D eigenvalue weighted by atomic mass is 16.6. The zero-order valence-corrected chi connectivity index (χ0v) is 19.2. The molecule has 10 heteroatoms. The van der Waals surface area contributed by atoms with Gasteiger partial charge in [-0.05, 0) is 45.7 Å². The molecule has 0 aliphatic carbocycles. The van der Waals surface area contributed by atoms with E-state index in [0.29, 0.717) is 37.1 Å². The van der Waals surface area contributed by atoms with Gasteiger partial charge in [0.05, 0.1) is 11.1 Å². The van der Waals surface area contributed by atoms with Gasteiger partial charge in [0.2, 0.25) is 11.8 Å². The predicted molar refractivity (Wildman–Crippen MR) is 118 cm³/mol. The van der Waals surface area contributed by atoms with Crippen LogP contribution in [0.15, 0.2) is 24.3 Å². The standard InChI is InChI=1S/C23H30N4O6/c1-23(2,3)33-22(32)24-14-19(29)26-11-8-15(9-12-26)25-18(28)10-13-27-20(30)16-6-4-5-7-17(16)21(27)31/h4-7,15H,8-14H2,1-3H3,(H,24,32)(H,25,28). The quantitative estimate of drug-likeness (QED) is 0.619. The Kier molecular flexibility index (Phi) is 7.35. The van der Waals surface area contributed by atoms with Crippen molar-refractivity contribution in [3.05, 3.63) is 35.4 Å². The van der Waals surface area contributed by atoms with Gasteiger partial charge in [0.15, 0.2) is 0 Å². The first-order chi connectivity index (χ1) is 15.5. The molecule has 0 unspecified atom stereocenters. The Morgan fingerprint density at radius 3 is 2.15 bits per heavy atom. The lowest BCUT2D eigenvalue weighted by Crippen LogP contribution is -2.49. The highest BCUT2D eigenvalue weighted by molar-refractivity contribution is 6.21. The number of likely N-dealkylation sites (tertiary alicyclic amines) is 1. The van der Waals surface area contributed by atoms with E-state index in [1.165, 1.54) is 0 Å². The molecule has 0 radical (unpaired) electrons. The average molecular weight is 459 g/mol. The highest BCUT2D eigenvalue weighted by Crippen LogP contribution is 2.22. The van der Waals surface area contributed by atoms with E-state index in [1.54, 1.807) is 49.9 Å². The molecule has 2 N–H and O–H groups in total. The number of piperidine rings is 1. The van der Waals surface area contributed by atoms with Gasteiger partial charge in [0, 0.05) is 32.1 Å². The summed E-state index contributed by atoms with van der Waals surface area (Å²) in [7, 11) is 0.